The summed E-state index contributed by atoms with van der Waals surface area (Å²) < 4.78 is 37.1. The number of rotatable bonds is 3. The highest BCUT2D eigenvalue weighted by molar-refractivity contribution is 5.92. The lowest BCUT2D eigenvalue weighted by Crippen LogP contribution is -2.47. The number of nitrogens with zero attached hydrogens (tertiary/aromatic N) is 4. The van der Waals surface area contributed by atoms with E-state index in [1.54, 1.807) is 4.90 Å². The number of carbonyl (C=O) groups is 2. The van der Waals surface area contributed by atoms with Gasteiger partial charge in [0, 0.05) is 44.5 Å². The summed E-state index contributed by atoms with van der Waals surface area (Å²) >= 11 is 0. The first-order valence-corrected chi connectivity index (χ1v) is 8.25. The van der Waals surface area contributed by atoms with Crippen molar-refractivity contribution in [3.05, 3.63) is 24.3 Å². The molecule has 0 saturated carbocycles. The minimum atomic E-state index is -4.34. The first-order chi connectivity index (χ1) is 11.8. The Bertz CT molecular complexity index is 638. The first kappa shape index (κ1) is 17.6. The Morgan fingerprint density at radius 3 is 2.64 bits per heavy atom. The summed E-state index contributed by atoms with van der Waals surface area (Å²) in [5.74, 6) is -0.662. The van der Waals surface area contributed by atoms with E-state index in [0.29, 0.717) is 26.1 Å². The Morgan fingerprint density at radius 1 is 1.16 bits per heavy atom. The van der Waals surface area contributed by atoms with E-state index in [2.05, 4.69) is 9.97 Å². The van der Waals surface area contributed by atoms with Crippen LogP contribution in [0.5, 0.6) is 0 Å². The van der Waals surface area contributed by atoms with Gasteiger partial charge >= 0.3 is 6.18 Å². The van der Waals surface area contributed by atoms with Crippen LogP contribution in [0.25, 0.3) is 0 Å². The van der Waals surface area contributed by atoms with Gasteiger partial charge in [0.15, 0.2) is 0 Å². The highest BCUT2D eigenvalue weighted by atomic mass is 19.4. The summed E-state index contributed by atoms with van der Waals surface area (Å²) in [7, 11) is 0. The molecule has 4 heterocycles. The van der Waals surface area contributed by atoms with Gasteiger partial charge in [0.25, 0.3) is 5.91 Å². The smallest absolute Gasteiger partial charge is 0.338 e. The predicted octanol–water partition coefficient (Wildman–Crippen LogP) is 1.88. The van der Waals surface area contributed by atoms with Gasteiger partial charge < -0.3 is 9.80 Å². The molecule has 0 unspecified atom stereocenters. The number of fused-ring (bicyclic) bond motifs is 4. The van der Waals surface area contributed by atoms with E-state index in [0.717, 1.165) is 6.42 Å². The van der Waals surface area contributed by atoms with Gasteiger partial charge in [-0.15, -0.1) is 0 Å². The van der Waals surface area contributed by atoms with Crippen LogP contribution >= 0.6 is 0 Å². The Labute approximate surface area is 143 Å². The Morgan fingerprint density at radius 2 is 1.96 bits per heavy atom. The zero-order chi connectivity index (χ0) is 18.0. The molecule has 2 amide bonds. The molecule has 3 saturated heterocycles. The summed E-state index contributed by atoms with van der Waals surface area (Å²) in [5.41, 5.74) is 0.235. The minimum absolute atomic E-state index is 0.0780. The number of aromatic nitrogens is 2. The maximum atomic E-state index is 12.6. The van der Waals surface area contributed by atoms with Crippen molar-refractivity contribution in [2.45, 2.75) is 37.9 Å². The molecule has 0 aromatic carbocycles. The fourth-order valence-electron chi connectivity index (χ4n) is 3.52. The Balaban J connectivity index is 1.68. The van der Waals surface area contributed by atoms with Crippen LogP contribution in [-0.4, -0.2) is 63.4 Å². The van der Waals surface area contributed by atoms with Crippen LogP contribution in [-0.2, 0) is 4.79 Å². The van der Waals surface area contributed by atoms with Crippen molar-refractivity contribution in [2.24, 2.45) is 5.92 Å². The number of hydrogen-bond donors (Lipinski definition) is 0. The van der Waals surface area contributed by atoms with E-state index in [1.807, 2.05) is 0 Å². The molecule has 4 rings (SSSR count). The molecule has 3 aliphatic heterocycles. The van der Waals surface area contributed by atoms with Gasteiger partial charge in [-0.05, 0) is 18.8 Å². The summed E-state index contributed by atoms with van der Waals surface area (Å²) in [4.78, 5) is 35.9. The molecule has 2 bridgehead atoms. The average molecular weight is 356 g/mol. The first-order valence-electron chi connectivity index (χ1n) is 8.25. The van der Waals surface area contributed by atoms with Crippen molar-refractivity contribution >= 4 is 11.8 Å². The van der Waals surface area contributed by atoms with Crippen LogP contribution in [0.2, 0.25) is 0 Å². The molecule has 0 aliphatic carbocycles. The van der Waals surface area contributed by atoms with Gasteiger partial charge in [-0.2, -0.15) is 13.2 Å². The van der Waals surface area contributed by atoms with Crippen LogP contribution in [0.15, 0.2) is 18.6 Å². The van der Waals surface area contributed by atoms with Crippen molar-refractivity contribution in [2.75, 3.05) is 19.6 Å². The lowest BCUT2D eigenvalue weighted by molar-refractivity contribution is -0.151. The van der Waals surface area contributed by atoms with E-state index in [1.165, 1.54) is 23.5 Å². The predicted molar refractivity (Wildman–Crippen MR) is 81.4 cm³/mol. The van der Waals surface area contributed by atoms with Crippen molar-refractivity contribution in [1.82, 2.24) is 19.8 Å². The molecule has 2 atom stereocenters. The van der Waals surface area contributed by atoms with Crippen LogP contribution in [0.3, 0.4) is 0 Å². The fraction of sp³-hybridized carbons (Fsp3) is 0.625. The van der Waals surface area contributed by atoms with Crippen LogP contribution in [0.4, 0.5) is 13.2 Å². The van der Waals surface area contributed by atoms with E-state index >= 15 is 0 Å². The zero-order valence-electron chi connectivity index (χ0n) is 13.6. The Hall–Kier alpha value is -2.19. The van der Waals surface area contributed by atoms with Gasteiger partial charge in [-0.25, -0.2) is 4.98 Å². The molecular weight excluding hydrogens is 337 g/mol. The number of halogens is 3. The molecule has 136 valence electrons. The van der Waals surface area contributed by atoms with E-state index in [9.17, 15) is 22.8 Å². The average Bonchev–Trinajstić information content (AvgIpc) is 2.91. The molecule has 0 radical (unpaired) electrons. The Kier molecular flexibility index (Phi) is 4.91. The third kappa shape index (κ3) is 4.26. The highest BCUT2D eigenvalue weighted by Gasteiger charge is 2.39. The zero-order valence-corrected chi connectivity index (χ0v) is 13.6. The number of carbonyl (C=O) groups excluding carboxylic acids is 2. The number of amides is 2. The molecule has 1 aromatic heterocycles. The van der Waals surface area contributed by atoms with Crippen molar-refractivity contribution in [1.29, 1.82) is 0 Å². The second-order valence-corrected chi connectivity index (χ2v) is 6.56. The second kappa shape index (κ2) is 6.97. The summed E-state index contributed by atoms with van der Waals surface area (Å²) in [5, 5.41) is 0. The molecule has 6 nitrogen and oxygen atoms in total. The largest absolute Gasteiger partial charge is 0.389 e. The topological polar surface area (TPSA) is 66.4 Å². The third-order valence-corrected chi connectivity index (χ3v) is 4.73. The second-order valence-electron chi connectivity index (χ2n) is 6.56. The molecule has 3 fully saturated rings. The highest BCUT2D eigenvalue weighted by Crippen LogP contribution is 2.30. The summed E-state index contributed by atoms with van der Waals surface area (Å²) in [6, 6.07) is -0.236. The van der Waals surface area contributed by atoms with Crippen molar-refractivity contribution in [3.8, 4) is 0 Å². The quantitative estimate of drug-likeness (QED) is 0.829. The van der Waals surface area contributed by atoms with Crippen LogP contribution in [0.1, 0.15) is 36.2 Å². The standard InChI is InChI=1S/C16H19F3N4O2/c17-16(18,19)4-3-14(24)23-9-11-1-2-12(23)10-22(8-11)15(25)13-7-20-5-6-21-13/h5-7,11-12H,1-4,8-10H2/t11-,12+/m0/s1. The van der Waals surface area contributed by atoms with Gasteiger partial charge in [0.05, 0.1) is 12.6 Å². The third-order valence-electron chi connectivity index (χ3n) is 4.73. The van der Waals surface area contributed by atoms with Crippen LogP contribution in [0, 0.1) is 5.92 Å². The summed E-state index contributed by atoms with van der Waals surface area (Å²) in [6.45, 7) is 1.21. The van der Waals surface area contributed by atoms with E-state index in [-0.39, 0.29) is 23.6 Å². The molecule has 9 heteroatoms. The monoisotopic (exact) mass is 356 g/mol. The molecular formula is C16H19F3N4O2. The van der Waals surface area contributed by atoms with Gasteiger partial charge in [-0.1, -0.05) is 0 Å². The van der Waals surface area contributed by atoms with Crippen LogP contribution < -0.4 is 0 Å². The maximum absolute atomic E-state index is 12.6. The SMILES string of the molecule is O=C(c1cnccn1)N1C[C@@H]2CC[C@H](C1)N(C(=O)CCC(F)(F)F)C2. The number of hydrogen-bond acceptors (Lipinski definition) is 4. The molecule has 0 N–H and O–H groups in total. The lowest BCUT2D eigenvalue weighted by atomic mass is 9.94. The fourth-order valence-corrected chi connectivity index (χ4v) is 3.52. The number of alkyl halides is 3. The molecule has 0 spiro atoms. The van der Waals surface area contributed by atoms with Crippen molar-refractivity contribution in [3.63, 3.8) is 0 Å². The molecule has 25 heavy (non-hydrogen) atoms. The molecule has 1 aromatic rings. The molecule has 3 aliphatic rings. The minimum Gasteiger partial charge on any atom is -0.338 e. The van der Waals surface area contributed by atoms with Gasteiger partial charge in [0.2, 0.25) is 5.91 Å². The normalized spacial score (nSPS) is 23.5. The number of piperidine rings is 1. The van der Waals surface area contributed by atoms with Gasteiger partial charge in [0.1, 0.15) is 5.69 Å². The van der Waals surface area contributed by atoms with E-state index < -0.39 is 24.9 Å². The van der Waals surface area contributed by atoms with Gasteiger partial charge in [-0.3, -0.25) is 14.6 Å². The van der Waals surface area contributed by atoms with Crippen molar-refractivity contribution < 1.29 is 22.8 Å². The maximum Gasteiger partial charge on any atom is 0.389 e. The summed E-state index contributed by atoms with van der Waals surface area (Å²) in [6.07, 6.45) is -0.121. The lowest BCUT2D eigenvalue weighted by Gasteiger charge is -2.36. The van der Waals surface area contributed by atoms with E-state index in [4.69, 9.17) is 0 Å².